The average Bonchev–Trinajstić information content (AvgIpc) is 2.38. The Morgan fingerprint density at radius 3 is 2.33 bits per heavy atom. The molecule has 1 heterocycles. The minimum absolute atomic E-state index is 0.238. The zero-order valence-corrected chi connectivity index (χ0v) is 9.48. The third kappa shape index (κ3) is 3.01. The standard InChI is InChI=1S/C12H13F3O3/c13-12(14,15)9-3-1-8(2-4-9)11(16)10-7-17-5-6-18-10/h1-4,10-11,16H,5-7H2. The summed E-state index contributed by atoms with van der Waals surface area (Å²) < 4.78 is 47.5. The Kier molecular flexibility index (Phi) is 3.89. The van der Waals surface area contributed by atoms with Crippen LogP contribution in [0.3, 0.4) is 0 Å². The maximum atomic E-state index is 12.4. The Morgan fingerprint density at radius 2 is 1.83 bits per heavy atom. The normalized spacial score (nSPS) is 22.8. The summed E-state index contributed by atoms with van der Waals surface area (Å²) in [6.07, 6.45) is -5.88. The molecule has 1 aliphatic rings. The van der Waals surface area contributed by atoms with Crippen molar-refractivity contribution in [3.63, 3.8) is 0 Å². The molecule has 6 heteroatoms. The Morgan fingerprint density at radius 1 is 1.17 bits per heavy atom. The fourth-order valence-electron chi connectivity index (χ4n) is 1.77. The van der Waals surface area contributed by atoms with Crippen LogP contribution in [0.1, 0.15) is 17.2 Å². The van der Waals surface area contributed by atoms with Crippen LogP contribution in [0.15, 0.2) is 24.3 Å². The van der Waals surface area contributed by atoms with Gasteiger partial charge < -0.3 is 14.6 Å². The van der Waals surface area contributed by atoms with E-state index in [1.165, 1.54) is 12.1 Å². The molecule has 2 atom stereocenters. The molecule has 18 heavy (non-hydrogen) atoms. The molecule has 1 saturated heterocycles. The topological polar surface area (TPSA) is 38.7 Å². The van der Waals surface area contributed by atoms with Crippen molar-refractivity contribution in [2.75, 3.05) is 19.8 Å². The minimum atomic E-state index is -4.37. The fourth-order valence-corrected chi connectivity index (χ4v) is 1.77. The highest BCUT2D eigenvalue weighted by Crippen LogP contribution is 2.30. The second kappa shape index (κ2) is 5.26. The van der Waals surface area contributed by atoms with Crippen LogP contribution in [0.2, 0.25) is 0 Å². The Bertz CT molecular complexity index is 383. The first-order chi connectivity index (χ1) is 8.48. The van der Waals surface area contributed by atoms with Crippen molar-refractivity contribution < 1.29 is 27.8 Å². The number of ether oxygens (including phenoxy) is 2. The second-order valence-electron chi connectivity index (χ2n) is 4.05. The van der Waals surface area contributed by atoms with E-state index < -0.39 is 23.9 Å². The summed E-state index contributed by atoms with van der Waals surface area (Å²) >= 11 is 0. The molecule has 0 amide bonds. The summed E-state index contributed by atoms with van der Waals surface area (Å²) in [5.41, 5.74) is -0.349. The number of aliphatic hydroxyl groups excluding tert-OH is 1. The number of alkyl halides is 3. The number of hydrogen-bond acceptors (Lipinski definition) is 3. The first-order valence-electron chi connectivity index (χ1n) is 5.53. The fraction of sp³-hybridized carbons (Fsp3) is 0.500. The van der Waals surface area contributed by atoms with Crippen LogP contribution in [0.5, 0.6) is 0 Å². The summed E-state index contributed by atoms with van der Waals surface area (Å²) in [5.74, 6) is 0. The smallest absolute Gasteiger partial charge is 0.386 e. The van der Waals surface area contributed by atoms with Crippen LogP contribution in [0, 0.1) is 0 Å². The third-order valence-electron chi connectivity index (χ3n) is 2.77. The molecule has 1 aromatic carbocycles. The van der Waals surface area contributed by atoms with Gasteiger partial charge in [0.25, 0.3) is 0 Å². The first kappa shape index (κ1) is 13.3. The van der Waals surface area contributed by atoms with E-state index >= 15 is 0 Å². The highest BCUT2D eigenvalue weighted by Gasteiger charge is 2.31. The lowest BCUT2D eigenvalue weighted by Gasteiger charge is -2.27. The molecule has 0 aromatic heterocycles. The van der Waals surface area contributed by atoms with Gasteiger partial charge in [0.2, 0.25) is 0 Å². The van der Waals surface area contributed by atoms with Gasteiger partial charge in [-0.1, -0.05) is 12.1 Å². The number of aliphatic hydroxyl groups is 1. The summed E-state index contributed by atoms with van der Waals surface area (Å²) in [6, 6.07) is 4.40. The van der Waals surface area contributed by atoms with E-state index in [9.17, 15) is 18.3 Å². The molecule has 100 valence electrons. The Hall–Kier alpha value is -1.11. The van der Waals surface area contributed by atoms with Crippen molar-refractivity contribution in [3.8, 4) is 0 Å². The Balaban J connectivity index is 2.09. The monoisotopic (exact) mass is 262 g/mol. The van der Waals surface area contributed by atoms with Crippen LogP contribution >= 0.6 is 0 Å². The molecule has 3 nitrogen and oxygen atoms in total. The van der Waals surface area contributed by atoms with Gasteiger partial charge in [-0.15, -0.1) is 0 Å². The van der Waals surface area contributed by atoms with Crippen molar-refractivity contribution in [2.24, 2.45) is 0 Å². The van der Waals surface area contributed by atoms with E-state index in [1.54, 1.807) is 0 Å². The van der Waals surface area contributed by atoms with Gasteiger partial charge in [0.15, 0.2) is 0 Å². The summed E-state index contributed by atoms with van der Waals surface area (Å²) in [5, 5.41) is 9.95. The molecular formula is C12H13F3O3. The van der Waals surface area contributed by atoms with E-state index in [0.717, 1.165) is 12.1 Å². The number of halogens is 3. The molecule has 1 N–H and O–H groups in total. The molecule has 0 aliphatic carbocycles. The number of benzene rings is 1. The van der Waals surface area contributed by atoms with Crippen LogP contribution in [-0.4, -0.2) is 31.0 Å². The van der Waals surface area contributed by atoms with Crippen molar-refractivity contribution >= 4 is 0 Å². The van der Waals surface area contributed by atoms with Crippen LogP contribution in [-0.2, 0) is 15.7 Å². The molecular weight excluding hydrogens is 249 g/mol. The van der Waals surface area contributed by atoms with Gasteiger partial charge in [0.05, 0.1) is 25.4 Å². The van der Waals surface area contributed by atoms with Crippen molar-refractivity contribution in [1.82, 2.24) is 0 Å². The molecule has 1 aliphatic heterocycles. The average molecular weight is 262 g/mol. The molecule has 0 radical (unpaired) electrons. The first-order valence-corrected chi connectivity index (χ1v) is 5.53. The van der Waals surface area contributed by atoms with Crippen molar-refractivity contribution in [1.29, 1.82) is 0 Å². The van der Waals surface area contributed by atoms with E-state index in [-0.39, 0.29) is 6.61 Å². The number of rotatable bonds is 2. The van der Waals surface area contributed by atoms with Crippen LogP contribution in [0.4, 0.5) is 13.2 Å². The van der Waals surface area contributed by atoms with Gasteiger partial charge >= 0.3 is 6.18 Å². The molecule has 1 aromatic rings. The third-order valence-corrected chi connectivity index (χ3v) is 2.77. The largest absolute Gasteiger partial charge is 0.416 e. The van der Waals surface area contributed by atoms with Crippen LogP contribution in [0.25, 0.3) is 0 Å². The lowest BCUT2D eigenvalue weighted by atomic mass is 10.0. The minimum Gasteiger partial charge on any atom is -0.386 e. The lowest BCUT2D eigenvalue weighted by molar-refractivity contribution is -0.138. The predicted octanol–water partition coefficient (Wildman–Crippen LogP) is 2.15. The molecule has 0 bridgehead atoms. The maximum Gasteiger partial charge on any atom is 0.416 e. The molecule has 0 spiro atoms. The van der Waals surface area contributed by atoms with E-state index in [4.69, 9.17) is 9.47 Å². The van der Waals surface area contributed by atoms with E-state index in [2.05, 4.69) is 0 Å². The summed E-state index contributed by atoms with van der Waals surface area (Å²) in [4.78, 5) is 0. The van der Waals surface area contributed by atoms with E-state index in [1.807, 2.05) is 0 Å². The van der Waals surface area contributed by atoms with Gasteiger partial charge in [0.1, 0.15) is 12.2 Å². The highest BCUT2D eigenvalue weighted by molar-refractivity contribution is 5.26. The van der Waals surface area contributed by atoms with Crippen molar-refractivity contribution in [2.45, 2.75) is 18.4 Å². The van der Waals surface area contributed by atoms with Gasteiger partial charge in [-0.25, -0.2) is 0 Å². The molecule has 0 saturated carbocycles. The van der Waals surface area contributed by atoms with Crippen molar-refractivity contribution in [3.05, 3.63) is 35.4 Å². The van der Waals surface area contributed by atoms with Gasteiger partial charge in [-0.3, -0.25) is 0 Å². The van der Waals surface area contributed by atoms with Crippen LogP contribution < -0.4 is 0 Å². The quantitative estimate of drug-likeness (QED) is 0.887. The summed E-state index contributed by atoms with van der Waals surface area (Å²) in [6.45, 7) is 1.08. The SMILES string of the molecule is OC(c1ccc(C(F)(F)F)cc1)C1COCCO1. The highest BCUT2D eigenvalue weighted by atomic mass is 19.4. The molecule has 2 rings (SSSR count). The van der Waals surface area contributed by atoms with Gasteiger partial charge in [-0.2, -0.15) is 13.2 Å². The second-order valence-corrected chi connectivity index (χ2v) is 4.05. The zero-order valence-electron chi connectivity index (χ0n) is 9.48. The lowest BCUT2D eigenvalue weighted by Crippen LogP contribution is -2.33. The molecule has 1 fully saturated rings. The molecule has 2 unspecified atom stereocenters. The zero-order chi connectivity index (χ0) is 13.2. The predicted molar refractivity (Wildman–Crippen MR) is 57.0 cm³/mol. The van der Waals surface area contributed by atoms with Gasteiger partial charge in [0, 0.05) is 0 Å². The Labute approximate surface area is 102 Å². The summed E-state index contributed by atoms with van der Waals surface area (Å²) in [7, 11) is 0. The number of hydrogen-bond donors (Lipinski definition) is 1. The van der Waals surface area contributed by atoms with E-state index in [0.29, 0.717) is 18.8 Å². The van der Waals surface area contributed by atoms with Gasteiger partial charge in [-0.05, 0) is 17.7 Å². The maximum absolute atomic E-state index is 12.4.